The van der Waals surface area contributed by atoms with Crippen molar-refractivity contribution in [2.24, 2.45) is 17.1 Å². The highest BCUT2D eigenvalue weighted by molar-refractivity contribution is 5.82. The van der Waals surface area contributed by atoms with Gasteiger partial charge < -0.3 is 11.1 Å². The molecule has 25 heavy (non-hydrogen) atoms. The summed E-state index contributed by atoms with van der Waals surface area (Å²) in [4.78, 5) is 15.0. The van der Waals surface area contributed by atoms with Crippen molar-refractivity contribution >= 4 is 5.91 Å². The molecule has 140 valence electrons. The highest BCUT2D eigenvalue weighted by atomic mass is 16.2. The minimum Gasteiger partial charge on any atom is -0.352 e. The number of likely N-dealkylation sites (tertiary alicyclic amines) is 1. The van der Waals surface area contributed by atoms with E-state index in [0.717, 1.165) is 30.9 Å². The van der Waals surface area contributed by atoms with Gasteiger partial charge in [0.25, 0.3) is 0 Å². The zero-order valence-electron chi connectivity index (χ0n) is 16.2. The van der Waals surface area contributed by atoms with Crippen LogP contribution in [0.2, 0.25) is 0 Å². The first-order valence-electron chi connectivity index (χ1n) is 9.81. The van der Waals surface area contributed by atoms with Crippen LogP contribution in [0.5, 0.6) is 0 Å². The van der Waals surface area contributed by atoms with Crippen LogP contribution in [0, 0.1) is 11.3 Å². The van der Waals surface area contributed by atoms with E-state index >= 15 is 0 Å². The Morgan fingerprint density at radius 1 is 1.16 bits per heavy atom. The molecule has 0 aliphatic carbocycles. The van der Waals surface area contributed by atoms with Gasteiger partial charge in [0.1, 0.15) is 0 Å². The Kier molecular flexibility index (Phi) is 7.45. The van der Waals surface area contributed by atoms with Gasteiger partial charge in [-0.2, -0.15) is 0 Å². The van der Waals surface area contributed by atoms with Gasteiger partial charge in [-0.25, -0.2) is 0 Å². The molecule has 0 unspecified atom stereocenters. The summed E-state index contributed by atoms with van der Waals surface area (Å²) in [5, 5.41) is 3.07. The Labute approximate surface area is 153 Å². The van der Waals surface area contributed by atoms with Crippen LogP contribution < -0.4 is 11.1 Å². The van der Waals surface area contributed by atoms with E-state index in [1.807, 2.05) is 13.8 Å². The lowest BCUT2D eigenvalue weighted by Gasteiger charge is -2.30. The largest absolute Gasteiger partial charge is 0.352 e. The van der Waals surface area contributed by atoms with Crippen LogP contribution in [-0.4, -0.2) is 30.4 Å². The average Bonchev–Trinajstić information content (AvgIpc) is 2.65. The van der Waals surface area contributed by atoms with Crippen LogP contribution in [0.4, 0.5) is 0 Å². The van der Waals surface area contributed by atoms with E-state index in [1.54, 1.807) is 0 Å². The average molecular weight is 346 g/mol. The van der Waals surface area contributed by atoms with Crippen molar-refractivity contribution in [1.29, 1.82) is 0 Å². The van der Waals surface area contributed by atoms with Crippen LogP contribution in [-0.2, 0) is 17.9 Å². The molecule has 1 aromatic carbocycles. The minimum absolute atomic E-state index is 0.0755. The number of carbonyl (C=O) groups excluding carboxylic acids is 1. The Morgan fingerprint density at radius 3 is 2.24 bits per heavy atom. The molecule has 2 rings (SSSR count). The van der Waals surface area contributed by atoms with Crippen molar-refractivity contribution in [2.75, 3.05) is 19.6 Å². The number of amides is 1. The lowest BCUT2D eigenvalue weighted by molar-refractivity contribution is -0.131. The number of benzene rings is 1. The molecule has 0 spiro atoms. The first-order valence-corrected chi connectivity index (χ1v) is 9.81. The molecule has 4 heteroatoms. The van der Waals surface area contributed by atoms with Crippen molar-refractivity contribution in [2.45, 2.75) is 59.5 Å². The minimum atomic E-state index is -0.425. The van der Waals surface area contributed by atoms with E-state index in [0.29, 0.717) is 13.1 Å². The van der Waals surface area contributed by atoms with Crippen molar-refractivity contribution < 1.29 is 4.79 Å². The maximum atomic E-state index is 12.5. The lowest BCUT2D eigenvalue weighted by Crippen LogP contribution is -2.45. The summed E-state index contributed by atoms with van der Waals surface area (Å²) in [6.45, 7) is 10.8. The van der Waals surface area contributed by atoms with E-state index in [1.165, 1.54) is 31.5 Å². The van der Waals surface area contributed by atoms with Crippen molar-refractivity contribution in [1.82, 2.24) is 10.2 Å². The smallest absolute Gasteiger partial charge is 0.227 e. The number of hydrogen-bond donors (Lipinski definition) is 2. The van der Waals surface area contributed by atoms with E-state index in [9.17, 15) is 4.79 Å². The topological polar surface area (TPSA) is 58.4 Å². The highest BCUT2D eigenvalue weighted by Gasteiger charge is 2.32. The second-order valence-corrected chi connectivity index (χ2v) is 7.65. The highest BCUT2D eigenvalue weighted by Crippen LogP contribution is 2.25. The summed E-state index contributed by atoms with van der Waals surface area (Å²) >= 11 is 0. The van der Waals surface area contributed by atoms with Crippen molar-refractivity contribution in [3.63, 3.8) is 0 Å². The van der Waals surface area contributed by atoms with Crippen LogP contribution in [0.1, 0.15) is 57.6 Å². The third kappa shape index (κ3) is 5.29. The molecule has 1 amide bonds. The van der Waals surface area contributed by atoms with Gasteiger partial charge in [0.2, 0.25) is 5.91 Å². The third-order valence-corrected chi connectivity index (χ3v) is 5.98. The SMILES string of the molecule is CCC(CC)(CN)C(=O)NCc1ccc(CN2CCC(C)CC2)cc1. The summed E-state index contributed by atoms with van der Waals surface area (Å²) in [7, 11) is 0. The molecule has 1 aliphatic rings. The predicted molar refractivity (Wildman–Crippen MR) is 104 cm³/mol. The molecule has 0 aromatic heterocycles. The number of piperidine rings is 1. The van der Waals surface area contributed by atoms with Crippen LogP contribution in [0.25, 0.3) is 0 Å². The van der Waals surface area contributed by atoms with Crippen LogP contribution in [0.3, 0.4) is 0 Å². The Bertz CT molecular complexity index is 520. The molecule has 1 saturated heterocycles. The van der Waals surface area contributed by atoms with E-state index < -0.39 is 5.41 Å². The first-order chi connectivity index (χ1) is 12.0. The number of nitrogens with one attached hydrogen (secondary N) is 1. The molecule has 0 radical (unpaired) electrons. The molecule has 1 aromatic rings. The summed E-state index contributed by atoms with van der Waals surface area (Å²) < 4.78 is 0. The van der Waals surface area contributed by atoms with Gasteiger partial charge >= 0.3 is 0 Å². The number of hydrogen-bond acceptors (Lipinski definition) is 3. The second kappa shape index (κ2) is 9.35. The maximum Gasteiger partial charge on any atom is 0.227 e. The molecular formula is C21H35N3O. The number of nitrogens with two attached hydrogens (primary N) is 1. The monoisotopic (exact) mass is 345 g/mol. The Hall–Kier alpha value is -1.39. The molecule has 1 fully saturated rings. The fourth-order valence-corrected chi connectivity index (χ4v) is 3.56. The molecular weight excluding hydrogens is 310 g/mol. The van der Waals surface area contributed by atoms with Crippen LogP contribution in [0.15, 0.2) is 24.3 Å². The Morgan fingerprint density at radius 2 is 1.72 bits per heavy atom. The zero-order chi connectivity index (χ0) is 18.3. The van der Waals surface area contributed by atoms with Crippen molar-refractivity contribution in [3.8, 4) is 0 Å². The standard InChI is InChI=1S/C21H35N3O/c1-4-21(5-2,16-22)20(25)23-14-18-6-8-19(9-7-18)15-24-12-10-17(3)11-13-24/h6-9,17H,4-5,10-16,22H2,1-3H3,(H,23,25). The van der Waals surface area contributed by atoms with Gasteiger partial charge in [-0.1, -0.05) is 45.0 Å². The molecule has 1 aliphatic heterocycles. The summed E-state index contributed by atoms with van der Waals surface area (Å²) in [5.74, 6) is 0.945. The van der Waals surface area contributed by atoms with Gasteiger partial charge in [-0.05, 0) is 55.8 Å². The summed E-state index contributed by atoms with van der Waals surface area (Å²) in [5.41, 5.74) is 7.92. The normalized spacial score (nSPS) is 16.8. The van der Waals surface area contributed by atoms with Gasteiger partial charge in [-0.3, -0.25) is 9.69 Å². The number of carbonyl (C=O) groups is 1. The second-order valence-electron chi connectivity index (χ2n) is 7.65. The molecule has 0 saturated carbocycles. The predicted octanol–water partition coefficient (Wildman–Crippen LogP) is 3.30. The van der Waals surface area contributed by atoms with Crippen LogP contribution >= 0.6 is 0 Å². The maximum absolute atomic E-state index is 12.5. The number of nitrogens with zero attached hydrogens (tertiary/aromatic N) is 1. The van der Waals surface area contributed by atoms with Crippen molar-refractivity contribution in [3.05, 3.63) is 35.4 Å². The van der Waals surface area contributed by atoms with Gasteiger partial charge in [0.15, 0.2) is 0 Å². The molecule has 4 nitrogen and oxygen atoms in total. The Balaban J connectivity index is 1.85. The van der Waals surface area contributed by atoms with E-state index in [4.69, 9.17) is 5.73 Å². The van der Waals surface area contributed by atoms with Gasteiger partial charge in [0.05, 0.1) is 5.41 Å². The first kappa shape index (κ1) is 19.9. The molecule has 0 bridgehead atoms. The fraction of sp³-hybridized carbons (Fsp3) is 0.667. The summed E-state index contributed by atoms with van der Waals surface area (Å²) in [6.07, 6.45) is 4.17. The number of rotatable bonds is 8. The van der Waals surface area contributed by atoms with Gasteiger partial charge in [0, 0.05) is 19.6 Å². The third-order valence-electron chi connectivity index (χ3n) is 5.98. The molecule has 0 atom stereocenters. The van der Waals surface area contributed by atoms with E-state index in [2.05, 4.69) is 41.4 Å². The lowest BCUT2D eigenvalue weighted by atomic mass is 9.81. The fourth-order valence-electron chi connectivity index (χ4n) is 3.56. The van der Waals surface area contributed by atoms with Gasteiger partial charge in [-0.15, -0.1) is 0 Å². The quantitative estimate of drug-likeness (QED) is 0.760. The van der Waals surface area contributed by atoms with E-state index in [-0.39, 0.29) is 5.91 Å². The molecule has 1 heterocycles. The molecule has 3 N–H and O–H groups in total. The summed E-state index contributed by atoms with van der Waals surface area (Å²) in [6, 6.07) is 8.64. The zero-order valence-corrected chi connectivity index (χ0v) is 16.2.